The lowest BCUT2D eigenvalue weighted by Crippen LogP contribution is -2.40. The molecule has 1 aliphatic rings. The van der Waals surface area contributed by atoms with Crippen molar-refractivity contribution >= 4 is 29.9 Å². The van der Waals surface area contributed by atoms with Crippen LogP contribution in [0.25, 0.3) is 0 Å². The Bertz CT molecular complexity index is 511. The highest BCUT2D eigenvalue weighted by Crippen LogP contribution is 2.22. The highest BCUT2D eigenvalue weighted by atomic mass is 127. The van der Waals surface area contributed by atoms with E-state index in [-0.39, 0.29) is 30.0 Å². The zero-order valence-corrected chi connectivity index (χ0v) is 18.0. The fourth-order valence-corrected chi connectivity index (χ4v) is 3.26. The van der Waals surface area contributed by atoms with Crippen molar-refractivity contribution in [1.82, 2.24) is 10.2 Å². The van der Waals surface area contributed by atoms with E-state index in [1.54, 1.807) is 7.11 Å². The van der Waals surface area contributed by atoms with E-state index in [0.29, 0.717) is 18.5 Å². The molecule has 1 fully saturated rings. The first-order valence-corrected chi connectivity index (χ1v) is 8.97. The molecule has 5 nitrogen and oxygen atoms in total. The Balaban J connectivity index is 0.00000312. The maximum atomic E-state index is 6.13. The minimum Gasteiger partial charge on any atom is -0.497 e. The van der Waals surface area contributed by atoms with Crippen LogP contribution < -0.4 is 15.8 Å². The topological polar surface area (TPSA) is 62.9 Å². The van der Waals surface area contributed by atoms with Crippen molar-refractivity contribution in [3.8, 4) is 5.75 Å². The zero-order valence-electron chi connectivity index (χ0n) is 15.7. The molecule has 0 heterocycles. The number of hydrogen-bond acceptors (Lipinski definition) is 3. The van der Waals surface area contributed by atoms with Gasteiger partial charge in [-0.25, -0.2) is 0 Å². The normalized spacial score (nSPS) is 17.5. The molecule has 1 aromatic carbocycles. The number of nitrogens with zero attached hydrogens (tertiary/aromatic N) is 2. The molecule has 0 bridgehead atoms. The molecular weight excluding hydrogens is 427 g/mol. The number of aliphatic imine (C=N–C) groups is 1. The molecule has 6 heteroatoms. The molecule has 0 aliphatic heterocycles. The molecule has 0 radical (unpaired) electrons. The summed E-state index contributed by atoms with van der Waals surface area (Å²) in [6, 6.07) is 8.84. The molecule has 0 aromatic heterocycles. The molecule has 0 spiro atoms. The Hall–Kier alpha value is -1.02. The number of guanidine groups is 1. The molecule has 25 heavy (non-hydrogen) atoms. The van der Waals surface area contributed by atoms with Gasteiger partial charge in [-0.2, -0.15) is 0 Å². The first kappa shape index (κ1) is 22.0. The standard InChI is InChI=1S/C19H32N4O.HI/c1-23(2)18(15-10-12-17(24-3)13-11-15)14-21-19(20)22-16-8-6-4-5-7-9-16;/h10-13,16,18H,4-9,14H2,1-3H3,(H3,20,21,22);1H. The molecule has 1 unspecified atom stereocenters. The van der Waals surface area contributed by atoms with E-state index in [9.17, 15) is 0 Å². The molecule has 1 aromatic rings. The Labute approximate surface area is 169 Å². The number of halogens is 1. The maximum absolute atomic E-state index is 6.13. The van der Waals surface area contributed by atoms with Crippen LogP contribution in [0.2, 0.25) is 0 Å². The quantitative estimate of drug-likeness (QED) is 0.295. The summed E-state index contributed by atoms with van der Waals surface area (Å²) < 4.78 is 5.23. The third-order valence-corrected chi connectivity index (χ3v) is 4.77. The van der Waals surface area contributed by atoms with Gasteiger partial charge in [0.1, 0.15) is 5.75 Å². The van der Waals surface area contributed by atoms with Gasteiger partial charge in [0.2, 0.25) is 0 Å². The van der Waals surface area contributed by atoms with Gasteiger partial charge in [0.15, 0.2) is 5.96 Å². The van der Waals surface area contributed by atoms with Gasteiger partial charge >= 0.3 is 0 Å². The average molecular weight is 460 g/mol. The van der Waals surface area contributed by atoms with E-state index in [1.807, 2.05) is 12.1 Å². The van der Waals surface area contributed by atoms with Crippen LogP contribution in [0.15, 0.2) is 29.3 Å². The van der Waals surface area contributed by atoms with Crippen LogP contribution in [0.3, 0.4) is 0 Å². The van der Waals surface area contributed by atoms with E-state index < -0.39 is 0 Å². The van der Waals surface area contributed by atoms with Gasteiger partial charge in [-0.3, -0.25) is 4.99 Å². The van der Waals surface area contributed by atoms with E-state index in [4.69, 9.17) is 10.5 Å². The molecule has 0 amide bonds. The zero-order chi connectivity index (χ0) is 17.4. The van der Waals surface area contributed by atoms with Crippen molar-refractivity contribution in [2.45, 2.75) is 50.6 Å². The van der Waals surface area contributed by atoms with Crippen LogP contribution in [0.1, 0.15) is 50.1 Å². The Morgan fingerprint density at radius 2 is 1.80 bits per heavy atom. The van der Waals surface area contributed by atoms with E-state index >= 15 is 0 Å². The summed E-state index contributed by atoms with van der Waals surface area (Å²) in [6.45, 7) is 0.644. The number of rotatable bonds is 6. The molecule has 3 N–H and O–H groups in total. The van der Waals surface area contributed by atoms with Crippen LogP contribution >= 0.6 is 24.0 Å². The molecule has 2 rings (SSSR count). The Morgan fingerprint density at radius 3 is 2.32 bits per heavy atom. The number of hydrogen-bond donors (Lipinski definition) is 2. The molecular formula is C19H33IN4O. The summed E-state index contributed by atoms with van der Waals surface area (Å²) in [7, 11) is 5.82. The Morgan fingerprint density at radius 1 is 1.20 bits per heavy atom. The van der Waals surface area contributed by atoms with Crippen molar-refractivity contribution in [2.24, 2.45) is 10.7 Å². The second-order valence-corrected chi connectivity index (χ2v) is 6.81. The number of likely N-dealkylation sites (N-methyl/N-ethyl adjacent to an activating group) is 1. The highest BCUT2D eigenvalue weighted by Gasteiger charge is 2.15. The Kier molecular flexibility index (Phi) is 10.2. The SMILES string of the molecule is COc1ccc(C(CN=C(N)NC2CCCCCC2)N(C)C)cc1.I. The van der Waals surface area contributed by atoms with Crippen molar-refractivity contribution in [1.29, 1.82) is 0 Å². The fraction of sp³-hybridized carbons (Fsp3) is 0.632. The number of nitrogens with one attached hydrogen (secondary N) is 1. The molecule has 1 atom stereocenters. The fourth-order valence-electron chi connectivity index (χ4n) is 3.26. The van der Waals surface area contributed by atoms with Crippen LogP contribution in [0.5, 0.6) is 5.75 Å². The molecule has 1 aliphatic carbocycles. The first-order valence-electron chi connectivity index (χ1n) is 8.97. The molecule has 0 saturated heterocycles. The van der Waals surface area contributed by atoms with E-state index in [0.717, 1.165) is 5.75 Å². The van der Waals surface area contributed by atoms with Crippen LogP contribution in [-0.4, -0.2) is 44.7 Å². The summed E-state index contributed by atoms with van der Waals surface area (Å²) in [5.74, 6) is 1.44. The first-order chi connectivity index (χ1) is 11.6. The molecule has 142 valence electrons. The summed E-state index contributed by atoms with van der Waals surface area (Å²) in [5.41, 5.74) is 7.34. The third kappa shape index (κ3) is 7.40. The molecule has 1 saturated carbocycles. The van der Waals surface area contributed by atoms with Gasteiger partial charge in [0.25, 0.3) is 0 Å². The van der Waals surface area contributed by atoms with Crippen molar-refractivity contribution in [2.75, 3.05) is 27.7 Å². The van der Waals surface area contributed by atoms with Gasteiger partial charge in [0, 0.05) is 6.04 Å². The predicted octanol–water partition coefficient (Wildman–Crippen LogP) is 3.54. The van der Waals surface area contributed by atoms with Crippen LogP contribution in [-0.2, 0) is 0 Å². The van der Waals surface area contributed by atoms with Gasteiger partial charge in [0.05, 0.1) is 19.7 Å². The minimum atomic E-state index is 0. The minimum absolute atomic E-state index is 0. The third-order valence-electron chi connectivity index (χ3n) is 4.77. The highest BCUT2D eigenvalue weighted by molar-refractivity contribution is 14.0. The summed E-state index contributed by atoms with van der Waals surface area (Å²) in [6.07, 6.45) is 7.66. The summed E-state index contributed by atoms with van der Waals surface area (Å²) in [5, 5.41) is 3.41. The lowest BCUT2D eigenvalue weighted by Gasteiger charge is -2.24. The second kappa shape index (κ2) is 11.6. The number of ether oxygens (including phenoxy) is 1. The average Bonchev–Trinajstić information content (AvgIpc) is 2.84. The predicted molar refractivity (Wildman–Crippen MR) is 116 cm³/mol. The van der Waals surface area contributed by atoms with Crippen LogP contribution in [0, 0.1) is 0 Å². The maximum Gasteiger partial charge on any atom is 0.188 e. The van der Waals surface area contributed by atoms with Gasteiger partial charge < -0.3 is 20.7 Å². The van der Waals surface area contributed by atoms with Crippen molar-refractivity contribution < 1.29 is 4.74 Å². The van der Waals surface area contributed by atoms with Crippen LogP contribution in [0.4, 0.5) is 0 Å². The second-order valence-electron chi connectivity index (χ2n) is 6.81. The summed E-state index contributed by atoms with van der Waals surface area (Å²) in [4.78, 5) is 6.77. The monoisotopic (exact) mass is 460 g/mol. The van der Waals surface area contributed by atoms with Gasteiger partial charge in [-0.1, -0.05) is 37.8 Å². The largest absolute Gasteiger partial charge is 0.497 e. The van der Waals surface area contributed by atoms with E-state index in [2.05, 4.69) is 41.4 Å². The van der Waals surface area contributed by atoms with E-state index in [1.165, 1.54) is 44.1 Å². The number of benzene rings is 1. The van der Waals surface area contributed by atoms with Crippen molar-refractivity contribution in [3.63, 3.8) is 0 Å². The number of nitrogens with two attached hydrogens (primary N) is 1. The smallest absolute Gasteiger partial charge is 0.188 e. The van der Waals surface area contributed by atoms with Gasteiger partial charge in [-0.15, -0.1) is 24.0 Å². The summed E-state index contributed by atoms with van der Waals surface area (Å²) >= 11 is 0. The van der Waals surface area contributed by atoms with Gasteiger partial charge in [-0.05, 0) is 44.6 Å². The number of methoxy groups -OCH3 is 1. The lowest BCUT2D eigenvalue weighted by atomic mass is 10.1. The lowest BCUT2D eigenvalue weighted by molar-refractivity contribution is 0.306. The van der Waals surface area contributed by atoms with Crippen molar-refractivity contribution in [3.05, 3.63) is 29.8 Å².